The molecule has 0 aliphatic rings. The monoisotopic (exact) mass is 460 g/mol. The van der Waals surface area contributed by atoms with Gasteiger partial charge < -0.3 is 20.1 Å². The minimum absolute atomic E-state index is 0.0276. The topological polar surface area (TPSA) is 93.7 Å². The fourth-order valence-electron chi connectivity index (χ4n) is 3.18. The highest BCUT2D eigenvalue weighted by atomic mass is 16.7. The SMILES string of the molecule is CCOC(=O)Oc1ccc(C(=O)Nc2cccc(CNC(=O)CCc3ccc(C)cc3)c2)cc1. The molecule has 0 radical (unpaired) electrons. The summed E-state index contributed by atoms with van der Waals surface area (Å²) in [5.41, 5.74) is 4.22. The standard InChI is InChI=1S/C27H28N2O5/c1-3-33-27(32)34-24-14-12-22(13-15-24)26(31)29-23-6-4-5-21(17-23)18-28-25(30)16-11-20-9-7-19(2)8-10-20/h4-10,12-15,17H,3,11,16,18H2,1-2H3,(H,28,30)(H,29,31). The van der Waals surface area contributed by atoms with Crippen LogP contribution in [-0.4, -0.2) is 24.6 Å². The van der Waals surface area contributed by atoms with Gasteiger partial charge in [-0.2, -0.15) is 0 Å². The lowest BCUT2D eigenvalue weighted by atomic mass is 10.1. The fraction of sp³-hybridized carbons (Fsp3) is 0.222. The van der Waals surface area contributed by atoms with E-state index >= 15 is 0 Å². The zero-order chi connectivity index (χ0) is 24.3. The highest BCUT2D eigenvalue weighted by Crippen LogP contribution is 2.16. The minimum atomic E-state index is -0.793. The number of benzene rings is 3. The van der Waals surface area contributed by atoms with E-state index in [-0.39, 0.29) is 24.2 Å². The van der Waals surface area contributed by atoms with Crippen molar-refractivity contribution in [1.82, 2.24) is 5.32 Å². The van der Waals surface area contributed by atoms with Gasteiger partial charge in [-0.15, -0.1) is 0 Å². The van der Waals surface area contributed by atoms with E-state index in [1.54, 1.807) is 25.1 Å². The summed E-state index contributed by atoms with van der Waals surface area (Å²) in [6.07, 6.45) is 0.306. The third kappa shape index (κ3) is 7.78. The van der Waals surface area contributed by atoms with Crippen molar-refractivity contribution in [2.45, 2.75) is 33.2 Å². The Labute approximate surface area is 199 Å². The van der Waals surface area contributed by atoms with Crippen LogP contribution in [0.1, 0.15) is 40.4 Å². The van der Waals surface area contributed by atoms with Crippen LogP contribution in [-0.2, 0) is 22.5 Å². The van der Waals surface area contributed by atoms with Crippen LogP contribution in [0, 0.1) is 6.92 Å². The molecule has 0 aliphatic carbocycles. The van der Waals surface area contributed by atoms with E-state index in [9.17, 15) is 14.4 Å². The molecule has 2 N–H and O–H groups in total. The molecule has 3 rings (SSSR count). The molecule has 0 fully saturated rings. The van der Waals surface area contributed by atoms with Crippen LogP contribution in [0.25, 0.3) is 0 Å². The van der Waals surface area contributed by atoms with E-state index in [1.165, 1.54) is 17.7 Å². The van der Waals surface area contributed by atoms with Crippen LogP contribution in [0.2, 0.25) is 0 Å². The third-order valence-corrected chi connectivity index (χ3v) is 5.02. The Morgan fingerprint density at radius 1 is 0.882 bits per heavy atom. The molecule has 0 aromatic heterocycles. The Morgan fingerprint density at radius 3 is 2.32 bits per heavy atom. The maximum Gasteiger partial charge on any atom is 0.513 e. The van der Waals surface area contributed by atoms with Crippen LogP contribution in [0.3, 0.4) is 0 Å². The molecule has 0 unspecified atom stereocenters. The second-order valence-corrected chi connectivity index (χ2v) is 7.73. The second kappa shape index (κ2) is 12.2. The van der Waals surface area contributed by atoms with E-state index in [0.717, 1.165) is 11.1 Å². The summed E-state index contributed by atoms with van der Waals surface area (Å²) in [4.78, 5) is 36.1. The molecule has 0 spiro atoms. The number of carbonyl (C=O) groups excluding carboxylic acids is 3. The molecule has 3 aromatic rings. The van der Waals surface area contributed by atoms with Crippen LogP contribution < -0.4 is 15.4 Å². The van der Waals surface area contributed by atoms with Gasteiger partial charge in [0.05, 0.1) is 6.61 Å². The van der Waals surface area contributed by atoms with Gasteiger partial charge >= 0.3 is 6.16 Å². The summed E-state index contributed by atoms with van der Waals surface area (Å²) in [6.45, 7) is 4.31. The maximum atomic E-state index is 12.6. The number of carbonyl (C=O) groups is 3. The van der Waals surface area contributed by atoms with Crippen molar-refractivity contribution >= 4 is 23.7 Å². The molecule has 176 valence electrons. The molecule has 34 heavy (non-hydrogen) atoms. The maximum absolute atomic E-state index is 12.6. The lowest BCUT2D eigenvalue weighted by molar-refractivity contribution is -0.121. The van der Waals surface area contributed by atoms with Crippen LogP contribution in [0.4, 0.5) is 10.5 Å². The number of ether oxygens (including phenoxy) is 2. The van der Waals surface area contributed by atoms with Crippen molar-refractivity contribution < 1.29 is 23.9 Å². The molecular weight excluding hydrogens is 432 g/mol. The van der Waals surface area contributed by atoms with Crippen molar-refractivity contribution in [3.8, 4) is 5.75 Å². The Balaban J connectivity index is 1.48. The molecular formula is C27H28N2O5. The number of aryl methyl sites for hydroxylation is 2. The molecule has 3 aromatic carbocycles. The van der Waals surface area contributed by atoms with Crippen molar-refractivity contribution in [2.24, 2.45) is 0 Å². The molecule has 7 nitrogen and oxygen atoms in total. The van der Waals surface area contributed by atoms with Crippen LogP contribution in [0.5, 0.6) is 5.75 Å². The summed E-state index contributed by atoms with van der Waals surface area (Å²) in [5.74, 6) is -0.0442. The predicted molar refractivity (Wildman–Crippen MR) is 130 cm³/mol. The number of anilines is 1. The van der Waals surface area contributed by atoms with Gasteiger partial charge in [0, 0.05) is 24.2 Å². The number of nitrogens with one attached hydrogen (secondary N) is 2. The largest absolute Gasteiger partial charge is 0.513 e. The first-order valence-corrected chi connectivity index (χ1v) is 11.1. The zero-order valence-corrected chi connectivity index (χ0v) is 19.3. The molecule has 2 amide bonds. The average Bonchev–Trinajstić information content (AvgIpc) is 2.83. The number of amides is 2. The average molecular weight is 461 g/mol. The quantitative estimate of drug-likeness (QED) is 0.345. The van der Waals surface area contributed by atoms with Crippen molar-refractivity contribution in [3.63, 3.8) is 0 Å². The normalized spacial score (nSPS) is 10.3. The lowest BCUT2D eigenvalue weighted by Crippen LogP contribution is -2.23. The number of rotatable bonds is 9. The van der Waals surface area contributed by atoms with Gasteiger partial charge in [-0.1, -0.05) is 42.0 Å². The highest BCUT2D eigenvalue weighted by molar-refractivity contribution is 6.04. The molecule has 0 atom stereocenters. The first kappa shape index (κ1) is 24.5. The molecule has 0 heterocycles. The summed E-state index contributed by atoms with van der Waals surface area (Å²) < 4.78 is 9.71. The Hall–Kier alpha value is -4.13. The molecule has 0 bridgehead atoms. The van der Waals surface area contributed by atoms with Gasteiger partial charge in [-0.3, -0.25) is 9.59 Å². The van der Waals surface area contributed by atoms with Crippen LogP contribution in [0.15, 0.2) is 72.8 Å². The van der Waals surface area contributed by atoms with E-state index in [1.807, 2.05) is 49.4 Å². The van der Waals surface area contributed by atoms with E-state index in [4.69, 9.17) is 9.47 Å². The van der Waals surface area contributed by atoms with E-state index in [0.29, 0.717) is 30.6 Å². The summed E-state index contributed by atoms with van der Waals surface area (Å²) in [5, 5.41) is 5.75. The van der Waals surface area contributed by atoms with Gasteiger partial charge in [-0.05, 0) is 67.8 Å². The Bertz CT molecular complexity index is 1120. The summed E-state index contributed by atoms with van der Waals surface area (Å²) in [6, 6.07) is 21.6. The minimum Gasteiger partial charge on any atom is -0.434 e. The van der Waals surface area contributed by atoms with E-state index < -0.39 is 6.16 Å². The van der Waals surface area contributed by atoms with Gasteiger partial charge in [0.1, 0.15) is 5.75 Å². The number of hydrogen-bond acceptors (Lipinski definition) is 5. The summed E-state index contributed by atoms with van der Waals surface area (Å²) >= 11 is 0. The number of hydrogen-bond donors (Lipinski definition) is 2. The third-order valence-electron chi connectivity index (χ3n) is 5.02. The van der Waals surface area contributed by atoms with Crippen LogP contribution >= 0.6 is 0 Å². The van der Waals surface area contributed by atoms with Crippen molar-refractivity contribution in [2.75, 3.05) is 11.9 Å². The molecule has 0 saturated heterocycles. The Morgan fingerprint density at radius 2 is 1.62 bits per heavy atom. The van der Waals surface area contributed by atoms with Gasteiger partial charge in [0.15, 0.2) is 0 Å². The molecule has 0 aliphatic heterocycles. The first-order valence-electron chi connectivity index (χ1n) is 11.1. The van der Waals surface area contributed by atoms with Gasteiger partial charge in [-0.25, -0.2) is 4.79 Å². The zero-order valence-electron chi connectivity index (χ0n) is 19.3. The smallest absolute Gasteiger partial charge is 0.434 e. The fourth-order valence-corrected chi connectivity index (χ4v) is 3.18. The Kier molecular flexibility index (Phi) is 8.80. The summed E-state index contributed by atoms with van der Waals surface area (Å²) in [7, 11) is 0. The van der Waals surface area contributed by atoms with Crippen molar-refractivity contribution in [3.05, 3.63) is 95.1 Å². The predicted octanol–water partition coefficient (Wildman–Crippen LogP) is 5.03. The highest BCUT2D eigenvalue weighted by Gasteiger charge is 2.10. The lowest BCUT2D eigenvalue weighted by Gasteiger charge is -2.10. The van der Waals surface area contributed by atoms with E-state index in [2.05, 4.69) is 10.6 Å². The first-order chi connectivity index (χ1) is 16.4. The second-order valence-electron chi connectivity index (χ2n) is 7.73. The van der Waals surface area contributed by atoms with Crippen molar-refractivity contribution in [1.29, 1.82) is 0 Å². The van der Waals surface area contributed by atoms with Gasteiger partial charge in [0.2, 0.25) is 5.91 Å². The van der Waals surface area contributed by atoms with Gasteiger partial charge in [0.25, 0.3) is 5.91 Å². The molecule has 7 heteroatoms. The molecule has 0 saturated carbocycles.